The predicted octanol–water partition coefficient (Wildman–Crippen LogP) is 3.10. The Labute approximate surface area is 252 Å². The van der Waals surface area contributed by atoms with Crippen LogP contribution in [0.1, 0.15) is 57.2 Å². The van der Waals surface area contributed by atoms with E-state index in [0.29, 0.717) is 5.69 Å². The molecule has 0 radical (unpaired) electrons. The number of rotatable bonds is 6. The Balaban J connectivity index is 1.40. The molecule has 1 saturated heterocycles. The molecule has 1 aliphatic rings. The first-order valence-corrected chi connectivity index (χ1v) is 14.1. The van der Waals surface area contributed by atoms with E-state index in [-0.39, 0.29) is 55.6 Å². The largest absolute Gasteiger partial charge is 0.444 e. The molecule has 1 aromatic carbocycles. The normalized spacial score (nSPS) is 15.8. The van der Waals surface area contributed by atoms with Gasteiger partial charge < -0.3 is 20.1 Å². The number of carbonyl (C=O) groups excluding carboxylic acids is 2. The van der Waals surface area contributed by atoms with Gasteiger partial charge in [-0.25, -0.2) is 9.78 Å². The summed E-state index contributed by atoms with van der Waals surface area (Å²) >= 11 is 0. The van der Waals surface area contributed by atoms with E-state index in [1.54, 1.807) is 33.9 Å². The van der Waals surface area contributed by atoms with E-state index in [2.05, 4.69) is 27.2 Å². The molecule has 0 bridgehead atoms. The fourth-order valence-corrected chi connectivity index (χ4v) is 4.97. The summed E-state index contributed by atoms with van der Waals surface area (Å²) in [6.07, 6.45) is -4.53. The molecule has 44 heavy (non-hydrogen) atoms. The van der Waals surface area contributed by atoms with E-state index in [4.69, 9.17) is 4.74 Å². The van der Waals surface area contributed by atoms with Crippen LogP contribution in [0.5, 0.6) is 0 Å². The van der Waals surface area contributed by atoms with Gasteiger partial charge in [-0.15, -0.1) is 0 Å². The number of amides is 2. The minimum atomic E-state index is -4.59. The van der Waals surface area contributed by atoms with Gasteiger partial charge in [-0.1, -0.05) is 36.3 Å². The lowest BCUT2D eigenvalue weighted by Crippen LogP contribution is -2.50. The molecule has 0 unspecified atom stereocenters. The van der Waals surface area contributed by atoms with Gasteiger partial charge in [0.15, 0.2) is 5.52 Å². The number of aromatic nitrogens is 4. The molecule has 1 atom stereocenters. The SMILES string of the molecule is Cn1nc2c(=O)n(CC3(O)CCN(C(=O)C[C@H](c4ccccc4)C(F)(F)F)CC3)cnc2c1C#CCNC(=O)OC(C)(C)C. The third kappa shape index (κ3) is 7.96. The van der Waals surface area contributed by atoms with Crippen LogP contribution < -0.4 is 10.9 Å². The van der Waals surface area contributed by atoms with Gasteiger partial charge >= 0.3 is 12.3 Å². The van der Waals surface area contributed by atoms with Gasteiger partial charge in [0.25, 0.3) is 5.56 Å². The second-order valence-electron chi connectivity index (χ2n) is 11.8. The Morgan fingerprint density at radius 1 is 1.14 bits per heavy atom. The van der Waals surface area contributed by atoms with Crippen LogP contribution in [0.2, 0.25) is 0 Å². The number of hydrogen-bond acceptors (Lipinski definition) is 7. The van der Waals surface area contributed by atoms with Crippen molar-refractivity contribution in [3.63, 3.8) is 0 Å². The first kappa shape index (κ1) is 32.5. The van der Waals surface area contributed by atoms with E-state index >= 15 is 0 Å². The Kier molecular flexibility index (Phi) is 9.39. The van der Waals surface area contributed by atoms with Crippen LogP contribution in [0.4, 0.5) is 18.0 Å². The molecule has 3 aromatic rings. The molecule has 0 spiro atoms. The Hall–Kier alpha value is -4.38. The number of benzene rings is 1. The maximum absolute atomic E-state index is 13.7. The van der Waals surface area contributed by atoms with Crippen molar-refractivity contribution < 1.29 is 32.6 Å². The molecule has 3 heterocycles. The minimum absolute atomic E-state index is 0.00563. The summed E-state index contributed by atoms with van der Waals surface area (Å²) in [4.78, 5) is 43.5. The lowest BCUT2D eigenvalue weighted by atomic mass is 9.90. The van der Waals surface area contributed by atoms with Crippen LogP contribution in [0.15, 0.2) is 41.5 Å². The topological polar surface area (TPSA) is 132 Å². The van der Waals surface area contributed by atoms with Crippen molar-refractivity contribution in [3.05, 3.63) is 58.3 Å². The van der Waals surface area contributed by atoms with Crippen LogP contribution in [0, 0.1) is 11.8 Å². The zero-order chi connectivity index (χ0) is 32.3. The summed E-state index contributed by atoms with van der Waals surface area (Å²) in [6, 6.07) is 7.31. The average molecular weight is 617 g/mol. The number of aliphatic hydroxyl groups is 1. The van der Waals surface area contributed by atoms with Crippen LogP contribution in [-0.4, -0.2) is 78.4 Å². The fourth-order valence-electron chi connectivity index (χ4n) is 4.97. The molecule has 2 amide bonds. The Morgan fingerprint density at radius 2 is 1.80 bits per heavy atom. The van der Waals surface area contributed by atoms with Crippen LogP contribution in [0.25, 0.3) is 11.0 Å². The second-order valence-corrected chi connectivity index (χ2v) is 11.8. The van der Waals surface area contributed by atoms with Crippen LogP contribution in [-0.2, 0) is 23.1 Å². The van der Waals surface area contributed by atoms with Crippen molar-refractivity contribution in [2.45, 2.75) is 69.9 Å². The summed E-state index contributed by atoms with van der Waals surface area (Å²) < 4.78 is 49.0. The van der Waals surface area contributed by atoms with Crippen molar-refractivity contribution in [2.75, 3.05) is 19.6 Å². The van der Waals surface area contributed by atoms with Crippen molar-refractivity contribution in [3.8, 4) is 11.8 Å². The smallest absolute Gasteiger partial charge is 0.408 e. The molecule has 11 nitrogen and oxygen atoms in total. The maximum atomic E-state index is 13.7. The quantitative estimate of drug-likeness (QED) is 0.407. The summed E-state index contributed by atoms with van der Waals surface area (Å²) in [5, 5.41) is 18.0. The molecule has 2 aromatic heterocycles. The fraction of sp³-hybridized carbons (Fsp3) is 0.500. The first-order chi connectivity index (χ1) is 20.6. The molecule has 236 valence electrons. The number of ether oxygens (including phenoxy) is 1. The summed E-state index contributed by atoms with van der Waals surface area (Å²) in [5.41, 5.74) is -1.88. The van der Waals surface area contributed by atoms with Gasteiger partial charge in [0.1, 0.15) is 16.8 Å². The highest BCUT2D eigenvalue weighted by Crippen LogP contribution is 2.38. The second kappa shape index (κ2) is 12.7. The summed E-state index contributed by atoms with van der Waals surface area (Å²) in [6.45, 7) is 5.16. The zero-order valence-corrected chi connectivity index (χ0v) is 24.9. The lowest BCUT2D eigenvalue weighted by molar-refractivity contribution is -0.162. The molecular weight excluding hydrogens is 581 g/mol. The highest BCUT2D eigenvalue weighted by Gasteiger charge is 2.43. The number of alkyl carbamates (subject to hydrolysis) is 1. The van der Waals surface area contributed by atoms with Gasteiger partial charge in [0, 0.05) is 26.6 Å². The predicted molar refractivity (Wildman–Crippen MR) is 155 cm³/mol. The van der Waals surface area contributed by atoms with E-state index < -0.39 is 47.3 Å². The van der Waals surface area contributed by atoms with Crippen molar-refractivity contribution in [2.24, 2.45) is 7.05 Å². The molecule has 0 aliphatic carbocycles. The van der Waals surface area contributed by atoms with Gasteiger partial charge in [-0.2, -0.15) is 18.3 Å². The van der Waals surface area contributed by atoms with E-state index in [0.717, 1.165) is 0 Å². The standard InChI is InChI=1S/C30H35F3N6O5/c1-28(2,3)44-27(42)34-14-8-11-22-24-25(36-37(22)4)26(41)39(19-35-24)18-29(43)12-15-38(16-13-29)23(40)17-21(30(31,32)33)20-9-6-5-7-10-20/h5-7,9-10,19,21,43H,12-18H2,1-4H3,(H,34,42)/t21-/m1/s1. The number of piperidine rings is 1. The number of nitrogens with one attached hydrogen (secondary N) is 1. The summed E-state index contributed by atoms with van der Waals surface area (Å²) in [7, 11) is 1.60. The molecule has 14 heteroatoms. The third-order valence-corrected chi connectivity index (χ3v) is 7.23. The monoisotopic (exact) mass is 616 g/mol. The zero-order valence-electron chi connectivity index (χ0n) is 24.9. The lowest BCUT2D eigenvalue weighted by Gasteiger charge is -2.39. The average Bonchev–Trinajstić information content (AvgIpc) is 3.26. The van der Waals surface area contributed by atoms with Crippen molar-refractivity contribution >= 4 is 23.0 Å². The van der Waals surface area contributed by atoms with Gasteiger partial charge in [0.2, 0.25) is 5.91 Å². The number of fused-ring (bicyclic) bond motifs is 1. The van der Waals surface area contributed by atoms with Gasteiger partial charge in [-0.05, 0) is 45.1 Å². The van der Waals surface area contributed by atoms with Crippen LogP contribution >= 0.6 is 0 Å². The van der Waals surface area contributed by atoms with E-state index in [1.165, 1.54) is 44.7 Å². The van der Waals surface area contributed by atoms with Gasteiger partial charge in [-0.3, -0.25) is 18.8 Å². The number of nitrogens with zero attached hydrogens (tertiary/aromatic N) is 5. The molecular formula is C30H35F3N6O5. The van der Waals surface area contributed by atoms with Crippen molar-refractivity contribution in [1.82, 2.24) is 29.5 Å². The third-order valence-electron chi connectivity index (χ3n) is 7.23. The number of hydrogen-bond donors (Lipinski definition) is 2. The molecule has 2 N–H and O–H groups in total. The van der Waals surface area contributed by atoms with Crippen molar-refractivity contribution in [1.29, 1.82) is 0 Å². The van der Waals surface area contributed by atoms with Crippen LogP contribution in [0.3, 0.4) is 0 Å². The number of carbonyl (C=O) groups is 2. The Bertz CT molecular complexity index is 1620. The maximum Gasteiger partial charge on any atom is 0.408 e. The highest BCUT2D eigenvalue weighted by molar-refractivity contribution is 5.79. The molecule has 4 rings (SSSR count). The minimum Gasteiger partial charge on any atom is -0.444 e. The number of halogens is 3. The molecule has 0 saturated carbocycles. The van der Waals surface area contributed by atoms with E-state index in [9.17, 15) is 32.7 Å². The summed E-state index contributed by atoms with van der Waals surface area (Å²) in [5.74, 6) is 3.05. The van der Waals surface area contributed by atoms with E-state index in [1.807, 2.05) is 0 Å². The highest BCUT2D eigenvalue weighted by atomic mass is 19.4. The molecule has 1 fully saturated rings. The first-order valence-electron chi connectivity index (χ1n) is 14.1. The number of aryl methyl sites for hydroxylation is 1. The number of alkyl halides is 3. The van der Waals surface area contributed by atoms with Gasteiger partial charge in [0.05, 0.1) is 30.9 Å². The number of likely N-dealkylation sites (tertiary alicyclic amines) is 1. The molecule has 1 aliphatic heterocycles. The Morgan fingerprint density at radius 3 is 2.41 bits per heavy atom.